The van der Waals surface area contributed by atoms with Crippen LogP contribution in [0.2, 0.25) is 0 Å². The second-order valence-corrected chi connectivity index (χ2v) is 8.55. The fourth-order valence-corrected chi connectivity index (χ4v) is 6.09. The molecule has 1 aromatic rings. The van der Waals surface area contributed by atoms with E-state index in [1.807, 2.05) is 13.0 Å². The molecule has 3 nitrogen and oxygen atoms in total. The number of rotatable bonds is 8. The largest absolute Gasteiger partial charge is 0.493 e. The second-order valence-electron chi connectivity index (χ2n) is 8.55. The minimum atomic E-state index is 0.645. The van der Waals surface area contributed by atoms with Crippen molar-refractivity contribution in [3.05, 3.63) is 35.9 Å². The van der Waals surface area contributed by atoms with Crippen molar-refractivity contribution in [2.45, 2.75) is 58.0 Å². The van der Waals surface area contributed by atoms with Gasteiger partial charge < -0.3 is 14.8 Å². The van der Waals surface area contributed by atoms with E-state index in [4.69, 9.17) is 9.47 Å². The summed E-state index contributed by atoms with van der Waals surface area (Å²) in [5.74, 6) is 5.58. The third-order valence-electron chi connectivity index (χ3n) is 6.83. The lowest BCUT2D eigenvalue weighted by molar-refractivity contribution is -0.0142. The van der Waals surface area contributed by atoms with Crippen molar-refractivity contribution in [1.29, 1.82) is 0 Å². The highest BCUT2D eigenvalue weighted by atomic mass is 16.5. The molecule has 0 aliphatic heterocycles. The van der Waals surface area contributed by atoms with Crippen molar-refractivity contribution in [1.82, 2.24) is 5.32 Å². The van der Waals surface area contributed by atoms with Gasteiger partial charge in [-0.05, 0) is 80.8 Å². The Labute approximate surface area is 158 Å². The van der Waals surface area contributed by atoms with E-state index in [-0.39, 0.29) is 0 Å². The van der Waals surface area contributed by atoms with Gasteiger partial charge in [-0.15, -0.1) is 6.58 Å². The number of hydrogen-bond acceptors (Lipinski definition) is 3. The highest BCUT2D eigenvalue weighted by Gasteiger charge is 2.47. The number of allylic oxidation sites excluding steroid dienone is 1. The summed E-state index contributed by atoms with van der Waals surface area (Å²) in [7, 11) is 1.73. The molecule has 4 aliphatic rings. The van der Waals surface area contributed by atoms with Gasteiger partial charge in [0, 0.05) is 18.2 Å². The van der Waals surface area contributed by atoms with E-state index in [0.29, 0.717) is 12.6 Å². The standard InChI is InChI=1S/C23H33NO2/c1-4-6-18-12-17(13-21(25-3)23(18)26-5-2)14-24-22-19-8-15-7-16(10-19)11-20(22)9-15/h4,12-13,15-16,19-20,22,24H,1,5-11,14H2,2-3H3. The average molecular weight is 356 g/mol. The van der Waals surface area contributed by atoms with Gasteiger partial charge >= 0.3 is 0 Å². The molecule has 0 saturated heterocycles. The average Bonchev–Trinajstić information content (AvgIpc) is 2.62. The van der Waals surface area contributed by atoms with Crippen molar-refractivity contribution in [2.75, 3.05) is 13.7 Å². The van der Waals surface area contributed by atoms with Gasteiger partial charge in [0.1, 0.15) is 0 Å². The monoisotopic (exact) mass is 355 g/mol. The van der Waals surface area contributed by atoms with E-state index >= 15 is 0 Å². The quantitative estimate of drug-likeness (QED) is 0.684. The van der Waals surface area contributed by atoms with Crippen molar-refractivity contribution >= 4 is 0 Å². The van der Waals surface area contributed by atoms with Crippen molar-refractivity contribution in [2.24, 2.45) is 23.7 Å². The topological polar surface area (TPSA) is 30.5 Å². The maximum Gasteiger partial charge on any atom is 0.164 e. The summed E-state index contributed by atoms with van der Waals surface area (Å²) < 4.78 is 11.5. The Bertz CT molecular complexity index is 626. The van der Waals surface area contributed by atoms with E-state index in [1.54, 1.807) is 7.11 Å². The van der Waals surface area contributed by atoms with Crippen LogP contribution in [-0.2, 0) is 13.0 Å². The molecule has 0 spiro atoms. The Kier molecular flexibility index (Phi) is 5.26. The van der Waals surface area contributed by atoms with Gasteiger partial charge in [0.15, 0.2) is 11.5 Å². The first kappa shape index (κ1) is 17.9. The Balaban J connectivity index is 1.49. The first-order valence-corrected chi connectivity index (χ1v) is 10.4. The minimum Gasteiger partial charge on any atom is -0.493 e. The molecule has 4 bridgehead atoms. The molecule has 142 valence electrons. The van der Waals surface area contributed by atoms with Gasteiger partial charge in [-0.25, -0.2) is 0 Å². The third-order valence-corrected chi connectivity index (χ3v) is 6.83. The smallest absolute Gasteiger partial charge is 0.164 e. The second kappa shape index (κ2) is 7.64. The van der Waals surface area contributed by atoms with Crippen LogP contribution in [0, 0.1) is 23.7 Å². The fraction of sp³-hybridized carbons (Fsp3) is 0.652. The number of hydrogen-bond donors (Lipinski definition) is 1. The molecule has 0 unspecified atom stereocenters. The van der Waals surface area contributed by atoms with Crippen LogP contribution in [0.3, 0.4) is 0 Å². The summed E-state index contributed by atoms with van der Waals surface area (Å²) in [5.41, 5.74) is 2.46. The van der Waals surface area contributed by atoms with Crippen LogP contribution in [0.4, 0.5) is 0 Å². The number of nitrogens with one attached hydrogen (secondary N) is 1. The van der Waals surface area contributed by atoms with Crippen LogP contribution in [0.1, 0.15) is 50.2 Å². The molecule has 0 radical (unpaired) electrons. The lowest BCUT2D eigenvalue weighted by atomic mass is 9.54. The fourth-order valence-electron chi connectivity index (χ4n) is 6.09. The van der Waals surface area contributed by atoms with Crippen molar-refractivity contribution < 1.29 is 9.47 Å². The SMILES string of the molecule is C=CCc1cc(CNC2C3CC4CC(C3)CC2C4)cc(OC)c1OCC. The van der Waals surface area contributed by atoms with E-state index in [0.717, 1.165) is 48.1 Å². The zero-order chi connectivity index (χ0) is 18.1. The van der Waals surface area contributed by atoms with E-state index < -0.39 is 0 Å². The lowest BCUT2D eigenvalue weighted by Gasteiger charge is -2.54. The first-order chi connectivity index (χ1) is 12.7. The van der Waals surface area contributed by atoms with Crippen molar-refractivity contribution in [3.63, 3.8) is 0 Å². The molecule has 3 heteroatoms. The van der Waals surface area contributed by atoms with Gasteiger partial charge in [0.25, 0.3) is 0 Å². The van der Waals surface area contributed by atoms with Crippen LogP contribution >= 0.6 is 0 Å². The molecule has 0 amide bonds. The van der Waals surface area contributed by atoms with Crippen LogP contribution in [-0.4, -0.2) is 19.8 Å². The van der Waals surface area contributed by atoms with Gasteiger partial charge in [-0.3, -0.25) is 0 Å². The van der Waals surface area contributed by atoms with Gasteiger partial charge in [-0.2, -0.15) is 0 Å². The van der Waals surface area contributed by atoms with E-state index in [2.05, 4.69) is 24.0 Å². The molecule has 26 heavy (non-hydrogen) atoms. The molecule has 4 saturated carbocycles. The molecular weight excluding hydrogens is 322 g/mol. The zero-order valence-electron chi connectivity index (χ0n) is 16.3. The van der Waals surface area contributed by atoms with Crippen LogP contribution in [0.25, 0.3) is 0 Å². The summed E-state index contributed by atoms with van der Waals surface area (Å²) in [6.07, 6.45) is 10.1. The molecule has 0 heterocycles. The maximum absolute atomic E-state index is 5.85. The molecule has 4 fully saturated rings. The summed E-state index contributed by atoms with van der Waals surface area (Å²) in [6, 6.07) is 5.11. The third kappa shape index (κ3) is 3.38. The predicted molar refractivity (Wildman–Crippen MR) is 106 cm³/mol. The molecule has 5 rings (SSSR count). The highest BCUT2D eigenvalue weighted by molar-refractivity contribution is 5.50. The minimum absolute atomic E-state index is 0.645. The zero-order valence-corrected chi connectivity index (χ0v) is 16.3. The molecule has 0 atom stereocenters. The van der Waals surface area contributed by atoms with Crippen LogP contribution < -0.4 is 14.8 Å². The maximum atomic E-state index is 5.85. The van der Waals surface area contributed by atoms with Gasteiger partial charge in [-0.1, -0.05) is 12.1 Å². The molecule has 1 N–H and O–H groups in total. The van der Waals surface area contributed by atoms with E-state index in [1.165, 1.54) is 43.2 Å². The van der Waals surface area contributed by atoms with E-state index in [9.17, 15) is 0 Å². The Hall–Kier alpha value is -1.48. The van der Waals surface area contributed by atoms with Crippen LogP contribution in [0.15, 0.2) is 24.8 Å². The normalized spacial score (nSPS) is 31.8. The Morgan fingerprint density at radius 2 is 1.81 bits per heavy atom. The number of benzene rings is 1. The summed E-state index contributed by atoms with van der Waals surface area (Å²) in [4.78, 5) is 0. The Morgan fingerprint density at radius 3 is 2.38 bits per heavy atom. The molecular formula is C23H33NO2. The first-order valence-electron chi connectivity index (χ1n) is 10.4. The molecule has 1 aromatic carbocycles. The summed E-state index contributed by atoms with van der Waals surface area (Å²) in [5, 5.41) is 3.93. The van der Waals surface area contributed by atoms with Gasteiger partial charge in [0.05, 0.1) is 13.7 Å². The number of methoxy groups -OCH3 is 1. The Morgan fingerprint density at radius 1 is 1.12 bits per heavy atom. The van der Waals surface area contributed by atoms with Gasteiger partial charge in [0.2, 0.25) is 0 Å². The summed E-state index contributed by atoms with van der Waals surface area (Å²) >= 11 is 0. The van der Waals surface area contributed by atoms with Crippen molar-refractivity contribution in [3.8, 4) is 11.5 Å². The summed E-state index contributed by atoms with van der Waals surface area (Å²) in [6.45, 7) is 7.47. The van der Waals surface area contributed by atoms with Crippen LogP contribution in [0.5, 0.6) is 11.5 Å². The number of ether oxygens (including phenoxy) is 2. The lowest BCUT2D eigenvalue weighted by Crippen LogP contribution is -2.54. The highest BCUT2D eigenvalue weighted by Crippen LogP contribution is 2.53. The molecule has 4 aliphatic carbocycles. The predicted octanol–water partition coefficient (Wildman–Crippen LogP) is 4.74. The molecule has 0 aromatic heterocycles.